The zero-order valence-corrected chi connectivity index (χ0v) is 16.6. The van der Waals surface area contributed by atoms with Crippen LogP contribution in [0.25, 0.3) is 0 Å². The first-order valence-electron chi connectivity index (χ1n) is 9.43. The van der Waals surface area contributed by atoms with Crippen molar-refractivity contribution in [3.63, 3.8) is 0 Å². The van der Waals surface area contributed by atoms with Crippen molar-refractivity contribution < 1.29 is 24.5 Å². The molecule has 2 rings (SSSR count). The summed E-state index contributed by atoms with van der Waals surface area (Å²) < 4.78 is 5.85. The van der Waals surface area contributed by atoms with Gasteiger partial charge in [-0.25, -0.2) is 9.59 Å². The van der Waals surface area contributed by atoms with Gasteiger partial charge in [-0.3, -0.25) is 0 Å². The summed E-state index contributed by atoms with van der Waals surface area (Å²) in [7, 11) is 2.20. The van der Waals surface area contributed by atoms with Gasteiger partial charge in [-0.05, 0) is 43.5 Å². The lowest BCUT2D eigenvalue weighted by Gasteiger charge is -2.32. The van der Waals surface area contributed by atoms with Crippen LogP contribution in [0.3, 0.4) is 0 Å². The van der Waals surface area contributed by atoms with Crippen LogP contribution in [0, 0.1) is 0 Å². The zero-order chi connectivity index (χ0) is 20.2. The Bertz CT molecular complexity index is 556. The molecule has 0 aliphatic carbocycles. The van der Waals surface area contributed by atoms with E-state index in [9.17, 15) is 0 Å². The van der Waals surface area contributed by atoms with Gasteiger partial charge in [0.25, 0.3) is 0 Å². The van der Waals surface area contributed by atoms with E-state index < -0.39 is 11.9 Å². The van der Waals surface area contributed by atoms with Gasteiger partial charge in [0.05, 0.1) is 6.61 Å². The normalized spacial score (nSPS) is 16.1. The van der Waals surface area contributed by atoms with Crippen LogP contribution in [0.5, 0.6) is 5.75 Å². The standard InChI is InChI=1S/C18H30N2O.C2H2O4/c1-4-16(2)17-6-8-18(9-7-17)21-15-5-10-20-13-11-19(3)12-14-20;3-1(4)2(5)6/h6-9,16H,4-5,10-15H2,1-3H3;(H,3,4)(H,5,6). The summed E-state index contributed by atoms with van der Waals surface area (Å²) in [5.41, 5.74) is 1.40. The van der Waals surface area contributed by atoms with Crippen LogP contribution in [-0.4, -0.2) is 78.3 Å². The number of carbonyl (C=O) groups is 2. The van der Waals surface area contributed by atoms with Crippen molar-refractivity contribution in [2.45, 2.75) is 32.6 Å². The van der Waals surface area contributed by atoms with E-state index in [4.69, 9.17) is 24.5 Å². The van der Waals surface area contributed by atoms with Crippen LogP contribution in [-0.2, 0) is 9.59 Å². The monoisotopic (exact) mass is 380 g/mol. The molecule has 1 fully saturated rings. The summed E-state index contributed by atoms with van der Waals surface area (Å²) >= 11 is 0. The average Bonchev–Trinajstić information content (AvgIpc) is 2.67. The quantitative estimate of drug-likeness (QED) is 0.554. The molecule has 0 radical (unpaired) electrons. The highest BCUT2D eigenvalue weighted by molar-refractivity contribution is 6.27. The molecular formula is C20H32N2O5. The van der Waals surface area contributed by atoms with E-state index in [0.29, 0.717) is 5.92 Å². The predicted molar refractivity (Wildman–Crippen MR) is 104 cm³/mol. The molecule has 1 aromatic carbocycles. The van der Waals surface area contributed by atoms with Crippen LogP contribution in [0.4, 0.5) is 0 Å². The summed E-state index contributed by atoms with van der Waals surface area (Å²) in [6.07, 6.45) is 2.29. The Hall–Kier alpha value is -2.12. The third kappa shape index (κ3) is 9.40. The summed E-state index contributed by atoms with van der Waals surface area (Å²) in [4.78, 5) is 23.1. The molecule has 7 nitrogen and oxygen atoms in total. The number of benzene rings is 1. The lowest BCUT2D eigenvalue weighted by molar-refractivity contribution is -0.159. The van der Waals surface area contributed by atoms with Crippen molar-refractivity contribution in [3.8, 4) is 5.75 Å². The molecule has 7 heteroatoms. The van der Waals surface area contributed by atoms with Crippen molar-refractivity contribution in [2.75, 3.05) is 46.4 Å². The molecular weight excluding hydrogens is 348 g/mol. The van der Waals surface area contributed by atoms with Gasteiger partial charge in [0.15, 0.2) is 0 Å². The Morgan fingerprint density at radius 1 is 1.07 bits per heavy atom. The van der Waals surface area contributed by atoms with Gasteiger partial charge < -0.3 is 24.7 Å². The third-order valence-electron chi connectivity index (χ3n) is 4.73. The highest BCUT2D eigenvalue weighted by atomic mass is 16.5. The molecule has 1 heterocycles. The van der Waals surface area contributed by atoms with E-state index in [2.05, 4.69) is 55.0 Å². The van der Waals surface area contributed by atoms with Crippen LogP contribution in [0.1, 0.15) is 38.2 Å². The summed E-state index contributed by atoms with van der Waals surface area (Å²) in [6.45, 7) is 11.2. The predicted octanol–water partition coefficient (Wildman–Crippen LogP) is 2.37. The number of aliphatic carboxylic acids is 2. The highest BCUT2D eigenvalue weighted by Gasteiger charge is 2.12. The van der Waals surface area contributed by atoms with Gasteiger partial charge in [-0.15, -0.1) is 0 Å². The molecule has 27 heavy (non-hydrogen) atoms. The minimum Gasteiger partial charge on any atom is -0.494 e. The lowest BCUT2D eigenvalue weighted by atomic mass is 9.99. The van der Waals surface area contributed by atoms with Gasteiger partial charge in [-0.1, -0.05) is 26.0 Å². The smallest absolute Gasteiger partial charge is 0.414 e. The second kappa shape index (κ2) is 12.3. The van der Waals surface area contributed by atoms with E-state index in [1.54, 1.807) is 0 Å². The zero-order valence-electron chi connectivity index (χ0n) is 16.6. The first-order chi connectivity index (χ1) is 12.8. The van der Waals surface area contributed by atoms with Gasteiger partial charge in [0, 0.05) is 32.7 Å². The molecule has 1 atom stereocenters. The number of carboxylic acids is 2. The Balaban J connectivity index is 0.000000527. The molecule has 152 valence electrons. The van der Waals surface area contributed by atoms with Crippen molar-refractivity contribution in [3.05, 3.63) is 29.8 Å². The fraction of sp³-hybridized carbons (Fsp3) is 0.600. The van der Waals surface area contributed by atoms with E-state index in [0.717, 1.165) is 25.3 Å². The number of carboxylic acid groups (broad SMARTS) is 2. The van der Waals surface area contributed by atoms with Crippen LogP contribution in [0.2, 0.25) is 0 Å². The SMILES string of the molecule is CCC(C)c1ccc(OCCCN2CCN(C)CC2)cc1.O=C(O)C(=O)O. The second-order valence-corrected chi connectivity index (χ2v) is 6.84. The van der Waals surface area contributed by atoms with E-state index in [1.807, 2.05) is 0 Å². The Morgan fingerprint density at radius 3 is 2.11 bits per heavy atom. The highest BCUT2D eigenvalue weighted by Crippen LogP contribution is 2.21. The maximum atomic E-state index is 9.10. The maximum Gasteiger partial charge on any atom is 0.414 e. The molecule has 1 aliphatic rings. The number of likely N-dealkylation sites (N-methyl/N-ethyl adjacent to an activating group) is 1. The van der Waals surface area contributed by atoms with Crippen molar-refractivity contribution >= 4 is 11.9 Å². The number of nitrogens with zero attached hydrogens (tertiary/aromatic N) is 2. The largest absolute Gasteiger partial charge is 0.494 e. The minimum atomic E-state index is -1.82. The lowest BCUT2D eigenvalue weighted by Crippen LogP contribution is -2.44. The summed E-state index contributed by atoms with van der Waals surface area (Å²) in [6, 6.07) is 8.61. The molecule has 1 aliphatic heterocycles. The van der Waals surface area contributed by atoms with Crippen LogP contribution < -0.4 is 4.74 Å². The van der Waals surface area contributed by atoms with Crippen LogP contribution >= 0.6 is 0 Å². The molecule has 1 saturated heterocycles. The molecule has 1 unspecified atom stereocenters. The molecule has 1 aromatic rings. The fourth-order valence-electron chi connectivity index (χ4n) is 2.68. The number of ether oxygens (including phenoxy) is 1. The van der Waals surface area contributed by atoms with Gasteiger partial charge in [-0.2, -0.15) is 0 Å². The molecule has 0 amide bonds. The van der Waals surface area contributed by atoms with E-state index in [-0.39, 0.29) is 0 Å². The summed E-state index contributed by atoms with van der Waals surface area (Å²) in [5, 5.41) is 14.8. The number of hydrogen-bond acceptors (Lipinski definition) is 5. The molecule has 0 aromatic heterocycles. The molecule has 0 bridgehead atoms. The van der Waals surface area contributed by atoms with E-state index >= 15 is 0 Å². The third-order valence-corrected chi connectivity index (χ3v) is 4.73. The number of hydrogen-bond donors (Lipinski definition) is 2. The van der Waals surface area contributed by atoms with Crippen molar-refractivity contribution in [2.24, 2.45) is 0 Å². The maximum absolute atomic E-state index is 9.10. The minimum absolute atomic E-state index is 0.635. The second-order valence-electron chi connectivity index (χ2n) is 6.84. The van der Waals surface area contributed by atoms with Crippen molar-refractivity contribution in [1.82, 2.24) is 9.80 Å². The van der Waals surface area contributed by atoms with E-state index in [1.165, 1.54) is 38.2 Å². The van der Waals surface area contributed by atoms with Gasteiger partial charge in [0.2, 0.25) is 0 Å². The summed E-state index contributed by atoms with van der Waals surface area (Å²) in [5.74, 6) is -2.01. The van der Waals surface area contributed by atoms with Crippen LogP contribution in [0.15, 0.2) is 24.3 Å². The van der Waals surface area contributed by atoms with Crippen molar-refractivity contribution in [1.29, 1.82) is 0 Å². The van der Waals surface area contributed by atoms with Gasteiger partial charge >= 0.3 is 11.9 Å². The number of piperazine rings is 1. The topological polar surface area (TPSA) is 90.3 Å². The molecule has 2 N–H and O–H groups in total. The first kappa shape index (κ1) is 22.9. The Morgan fingerprint density at radius 2 is 1.63 bits per heavy atom. The average molecular weight is 380 g/mol. The Labute approximate surface area is 161 Å². The molecule has 0 spiro atoms. The number of rotatable bonds is 7. The Kier molecular flexibility index (Phi) is 10.4. The van der Waals surface area contributed by atoms with Gasteiger partial charge in [0.1, 0.15) is 5.75 Å². The fourth-order valence-corrected chi connectivity index (χ4v) is 2.68. The molecule has 0 saturated carbocycles. The first-order valence-corrected chi connectivity index (χ1v) is 9.43.